The van der Waals surface area contributed by atoms with E-state index in [2.05, 4.69) is 5.10 Å². The van der Waals surface area contributed by atoms with Gasteiger partial charge in [-0.05, 0) is 13.0 Å². The second-order valence-corrected chi connectivity index (χ2v) is 2.31. The van der Waals surface area contributed by atoms with Gasteiger partial charge in [0.15, 0.2) is 0 Å². The van der Waals surface area contributed by atoms with Gasteiger partial charge in [0.25, 0.3) is 0 Å². The molecule has 1 heterocycles. The first kappa shape index (κ1) is 7.55. The van der Waals surface area contributed by atoms with Crippen molar-refractivity contribution in [2.75, 3.05) is 0 Å². The molecule has 0 saturated carbocycles. The summed E-state index contributed by atoms with van der Waals surface area (Å²) >= 11 is 0. The molecule has 0 radical (unpaired) electrons. The SMILES string of the molecule is Cc1nn(C)cc1/C=C/C#N. The molecule has 1 rings (SSSR count). The third-order valence-corrected chi connectivity index (χ3v) is 1.39. The van der Waals surface area contributed by atoms with Gasteiger partial charge in [0, 0.05) is 24.9 Å². The highest BCUT2D eigenvalue weighted by atomic mass is 15.2. The fourth-order valence-electron chi connectivity index (χ4n) is 0.909. The van der Waals surface area contributed by atoms with Crippen molar-refractivity contribution in [2.24, 2.45) is 7.05 Å². The highest BCUT2D eigenvalue weighted by molar-refractivity contribution is 5.52. The average molecular weight is 147 g/mol. The number of aryl methyl sites for hydroxylation is 2. The number of allylic oxidation sites excluding steroid dienone is 1. The quantitative estimate of drug-likeness (QED) is 0.561. The molecule has 0 saturated heterocycles. The zero-order chi connectivity index (χ0) is 8.27. The molecular formula is C8H9N3. The standard InChI is InChI=1S/C8H9N3/c1-7-8(4-3-5-9)6-11(2)10-7/h3-4,6H,1-2H3/b4-3+. The molecular weight excluding hydrogens is 138 g/mol. The van der Waals surface area contributed by atoms with Gasteiger partial charge >= 0.3 is 0 Å². The van der Waals surface area contributed by atoms with E-state index in [-0.39, 0.29) is 0 Å². The molecule has 1 aromatic rings. The summed E-state index contributed by atoms with van der Waals surface area (Å²) in [6, 6.07) is 1.94. The Morgan fingerprint density at radius 1 is 1.73 bits per heavy atom. The largest absolute Gasteiger partial charge is 0.275 e. The van der Waals surface area contributed by atoms with Crippen LogP contribution in [-0.4, -0.2) is 9.78 Å². The van der Waals surface area contributed by atoms with E-state index in [1.165, 1.54) is 6.08 Å². The lowest BCUT2D eigenvalue weighted by molar-refractivity contribution is 0.756. The monoisotopic (exact) mass is 147 g/mol. The molecule has 0 N–H and O–H groups in total. The molecule has 11 heavy (non-hydrogen) atoms. The fourth-order valence-corrected chi connectivity index (χ4v) is 0.909. The van der Waals surface area contributed by atoms with E-state index in [1.807, 2.05) is 26.2 Å². The van der Waals surface area contributed by atoms with Crippen LogP contribution >= 0.6 is 0 Å². The summed E-state index contributed by atoms with van der Waals surface area (Å²) in [4.78, 5) is 0. The van der Waals surface area contributed by atoms with Crippen LogP contribution in [0.5, 0.6) is 0 Å². The molecule has 0 unspecified atom stereocenters. The minimum Gasteiger partial charge on any atom is -0.275 e. The molecule has 0 spiro atoms. The molecule has 0 bridgehead atoms. The molecule has 0 atom stereocenters. The van der Waals surface area contributed by atoms with Crippen LogP contribution in [0.25, 0.3) is 6.08 Å². The van der Waals surface area contributed by atoms with E-state index in [9.17, 15) is 0 Å². The van der Waals surface area contributed by atoms with Crippen LogP contribution in [-0.2, 0) is 7.05 Å². The molecule has 3 heteroatoms. The van der Waals surface area contributed by atoms with Gasteiger partial charge in [0.2, 0.25) is 0 Å². The van der Waals surface area contributed by atoms with Crippen molar-refractivity contribution in [3.05, 3.63) is 23.5 Å². The minimum absolute atomic E-state index is 0.944. The van der Waals surface area contributed by atoms with Gasteiger partial charge in [-0.1, -0.05) is 0 Å². The van der Waals surface area contributed by atoms with E-state index >= 15 is 0 Å². The third-order valence-electron chi connectivity index (χ3n) is 1.39. The molecule has 1 aromatic heterocycles. The summed E-state index contributed by atoms with van der Waals surface area (Å²) < 4.78 is 1.73. The van der Waals surface area contributed by atoms with Gasteiger partial charge in [-0.25, -0.2) is 0 Å². The van der Waals surface area contributed by atoms with Gasteiger partial charge in [-0.3, -0.25) is 4.68 Å². The topological polar surface area (TPSA) is 41.6 Å². The maximum atomic E-state index is 8.26. The Balaban J connectivity index is 2.96. The van der Waals surface area contributed by atoms with Gasteiger partial charge in [-0.15, -0.1) is 0 Å². The minimum atomic E-state index is 0.944. The van der Waals surface area contributed by atoms with E-state index in [4.69, 9.17) is 5.26 Å². The first-order valence-electron chi connectivity index (χ1n) is 3.30. The summed E-state index contributed by atoms with van der Waals surface area (Å²) in [6.07, 6.45) is 5.08. The van der Waals surface area contributed by atoms with Gasteiger partial charge < -0.3 is 0 Å². The van der Waals surface area contributed by atoms with E-state index in [0.29, 0.717) is 0 Å². The van der Waals surface area contributed by atoms with Crippen LogP contribution in [0.4, 0.5) is 0 Å². The lowest BCUT2D eigenvalue weighted by Crippen LogP contribution is -1.86. The Hall–Kier alpha value is -1.56. The Morgan fingerprint density at radius 2 is 2.45 bits per heavy atom. The number of hydrogen-bond donors (Lipinski definition) is 0. The second kappa shape index (κ2) is 3.02. The predicted octanol–water partition coefficient (Wildman–Crippen LogP) is 1.27. The smallest absolute Gasteiger partial charge is 0.0912 e. The number of aromatic nitrogens is 2. The first-order valence-corrected chi connectivity index (χ1v) is 3.30. The van der Waals surface area contributed by atoms with Crippen LogP contribution in [0.3, 0.4) is 0 Å². The van der Waals surface area contributed by atoms with Crippen LogP contribution in [0.2, 0.25) is 0 Å². The average Bonchev–Trinajstić information content (AvgIpc) is 2.26. The highest BCUT2D eigenvalue weighted by Gasteiger charge is 1.96. The van der Waals surface area contributed by atoms with Crippen LogP contribution in [0, 0.1) is 18.3 Å². The van der Waals surface area contributed by atoms with Crippen LogP contribution in [0.15, 0.2) is 12.3 Å². The normalized spacial score (nSPS) is 10.3. The molecule has 0 aliphatic rings. The molecule has 0 aliphatic carbocycles. The molecule has 56 valence electrons. The van der Waals surface area contributed by atoms with Gasteiger partial charge in [0.1, 0.15) is 0 Å². The summed E-state index contributed by atoms with van der Waals surface area (Å²) in [7, 11) is 1.86. The number of nitriles is 1. The van der Waals surface area contributed by atoms with E-state index in [1.54, 1.807) is 10.8 Å². The van der Waals surface area contributed by atoms with Crippen molar-refractivity contribution < 1.29 is 0 Å². The third kappa shape index (κ3) is 1.68. The summed E-state index contributed by atoms with van der Waals surface area (Å²) in [5.74, 6) is 0. The molecule has 3 nitrogen and oxygen atoms in total. The molecule has 0 aromatic carbocycles. The van der Waals surface area contributed by atoms with Crippen molar-refractivity contribution in [3.8, 4) is 6.07 Å². The van der Waals surface area contributed by atoms with Crippen LogP contribution < -0.4 is 0 Å². The second-order valence-electron chi connectivity index (χ2n) is 2.31. The van der Waals surface area contributed by atoms with Crippen LogP contribution in [0.1, 0.15) is 11.3 Å². The Morgan fingerprint density at radius 3 is 2.91 bits per heavy atom. The number of nitrogens with zero attached hydrogens (tertiary/aromatic N) is 3. The molecule has 0 fully saturated rings. The lowest BCUT2D eigenvalue weighted by atomic mass is 10.2. The summed E-state index contributed by atoms with van der Waals surface area (Å²) in [5.41, 5.74) is 1.94. The van der Waals surface area contributed by atoms with Crippen molar-refractivity contribution in [2.45, 2.75) is 6.92 Å². The van der Waals surface area contributed by atoms with Gasteiger partial charge in [0.05, 0.1) is 11.8 Å². The van der Waals surface area contributed by atoms with Gasteiger partial charge in [-0.2, -0.15) is 10.4 Å². The lowest BCUT2D eigenvalue weighted by Gasteiger charge is -1.81. The van der Waals surface area contributed by atoms with E-state index in [0.717, 1.165) is 11.3 Å². The van der Waals surface area contributed by atoms with E-state index < -0.39 is 0 Å². The summed E-state index contributed by atoms with van der Waals surface area (Å²) in [5, 5.41) is 12.4. The fraction of sp³-hybridized carbons (Fsp3) is 0.250. The van der Waals surface area contributed by atoms with Crippen molar-refractivity contribution in [1.82, 2.24) is 9.78 Å². The Kier molecular flexibility index (Phi) is 2.07. The number of rotatable bonds is 1. The maximum absolute atomic E-state index is 8.26. The highest BCUT2D eigenvalue weighted by Crippen LogP contribution is 2.05. The maximum Gasteiger partial charge on any atom is 0.0912 e. The Labute approximate surface area is 65.6 Å². The molecule has 0 amide bonds. The number of hydrogen-bond acceptors (Lipinski definition) is 2. The molecule has 0 aliphatic heterocycles. The zero-order valence-electron chi connectivity index (χ0n) is 6.57. The van der Waals surface area contributed by atoms with Crippen molar-refractivity contribution in [3.63, 3.8) is 0 Å². The first-order chi connectivity index (χ1) is 5.24. The van der Waals surface area contributed by atoms with Crippen molar-refractivity contribution >= 4 is 6.08 Å². The Bertz CT molecular complexity index is 315. The van der Waals surface area contributed by atoms with Crippen molar-refractivity contribution in [1.29, 1.82) is 5.26 Å². The zero-order valence-corrected chi connectivity index (χ0v) is 6.57. The predicted molar refractivity (Wildman–Crippen MR) is 42.6 cm³/mol. The summed E-state index contributed by atoms with van der Waals surface area (Å²) in [6.45, 7) is 1.91.